The van der Waals surface area contributed by atoms with E-state index < -0.39 is 17.9 Å². The van der Waals surface area contributed by atoms with Crippen LogP contribution in [0.3, 0.4) is 0 Å². The van der Waals surface area contributed by atoms with Gasteiger partial charge >= 0.3 is 5.97 Å². The Morgan fingerprint density at radius 2 is 2.04 bits per heavy atom. The summed E-state index contributed by atoms with van der Waals surface area (Å²) in [4.78, 5) is 23.5. The van der Waals surface area contributed by atoms with Crippen LogP contribution >= 0.6 is 0 Å². The Balaban J connectivity index is 2.98. The molecule has 1 aromatic rings. The normalized spacial score (nSPS) is 12.4. The van der Waals surface area contributed by atoms with Crippen LogP contribution in [0.25, 0.3) is 0 Å². The number of carbonyl (C=O) groups is 2. The minimum Gasteiger partial charge on any atom is -0.480 e. The molecule has 0 heterocycles. The third kappa shape index (κ3) is 4.85. The molecule has 6 nitrogen and oxygen atoms in total. The quantitative estimate of drug-likeness (QED) is 0.527. The van der Waals surface area contributed by atoms with Crippen molar-refractivity contribution in [3.63, 3.8) is 0 Å². The van der Waals surface area contributed by atoms with Gasteiger partial charge in [-0.15, -0.1) is 0 Å². The first-order valence-corrected chi connectivity index (χ1v) is 7.80. The van der Waals surface area contributed by atoms with Crippen LogP contribution in [-0.4, -0.2) is 23.0 Å². The molecule has 3 N–H and O–H groups in total. The van der Waals surface area contributed by atoms with Gasteiger partial charge in [-0.25, -0.2) is 4.79 Å². The Labute approximate surface area is 142 Å². The molecule has 0 saturated heterocycles. The lowest BCUT2D eigenvalue weighted by Crippen LogP contribution is -2.38. The predicted octanol–water partition coefficient (Wildman–Crippen LogP) is 2.60. The smallest absolute Gasteiger partial charge is 0.326 e. The van der Waals surface area contributed by atoms with Gasteiger partial charge in [0.05, 0.1) is 0 Å². The second-order valence-electron chi connectivity index (χ2n) is 5.81. The molecular formula is C18H23N3O3. The van der Waals surface area contributed by atoms with Crippen LogP contribution in [0.5, 0.6) is 0 Å². The molecule has 0 spiro atoms. The molecule has 0 aliphatic carbocycles. The van der Waals surface area contributed by atoms with E-state index in [0.29, 0.717) is 5.69 Å². The molecular weight excluding hydrogens is 306 g/mol. The van der Waals surface area contributed by atoms with Crippen molar-refractivity contribution in [2.45, 2.75) is 40.2 Å². The molecule has 1 amide bonds. The molecule has 128 valence electrons. The van der Waals surface area contributed by atoms with Crippen molar-refractivity contribution < 1.29 is 14.7 Å². The molecule has 1 atom stereocenters. The number of amides is 1. The molecule has 0 fully saturated rings. The fourth-order valence-electron chi connectivity index (χ4n) is 2.25. The maximum absolute atomic E-state index is 12.3. The third-order valence-corrected chi connectivity index (χ3v) is 3.68. The number of anilines is 1. The van der Waals surface area contributed by atoms with Crippen molar-refractivity contribution in [1.29, 1.82) is 5.26 Å². The van der Waals surface area contributed by atoms with E-state index in [9.17, 15) is 14.9 Å². The van der Waals surface area contributed by atoms with Crippen LogP contribution in [-0.2, 0) is 16.0 Å². The van der Waals surface area contributed by atoms with Gasteiger partial charge in [0.1, 0.15) is 17.7 Å². The van der Waals surface area contributed by atoms with Gasteiger partial charge < -0.3 is 15.7 Å². The standard InChI is InChI=1S/C18H23N3O3/c1-5-13-8-6-7-12(4)16(13)21-17(22)14(9-19)10-20-15(11(2)3)18(23)24/h6-8,10-11,15,20H,5H2,1-4H3,(H,21,22)(H,23,24)/b14-10-. The lowest BCUT2D eigenvalue weighted by molar-refractivity contribution is -0.140. The Bertz CT molecular complexity index is 687. The summed E-state index contributed by atoms with van der Waals surface area (Å²) in [5.74, 6) is -1.79. The highest BCUT2D eigenvalue weighted by atomic mass is 16.4. The SMILES string of the molecule is CCc1cccc(C)c1NC(=O)/C(C#N)=C\NC(C(=O)O)C(C)C. The van der Waals surface area contributed by atoms with Crippen molar-refractivity contribution in [3.8, 4) is 6.07 Å². The van der Waals surface area contributed by atoms with Crippen LogP contribution in [0.2, 0.25) is 0 Å². The number of carbonyl (C=O) groups excluding carboxylic acids is 1. The minimum absolute atomic E-state index is 0.174. The number of hydrogen-bond acceptors (Lipinski definition) is 4. The zero-order chi connectivity index (χ0) is 18.3. The van der Waals surface area contributed by atoms with E-state index in [2.05, 4.69) is 10.6 Å². The monoisotopic (exact) mass is 329 g/mol. The zero-order valence-corrected chi connectivity index (χ0v) is 14.4. The van der Waals surface area contributed by atoms with Gasteiger partial charge in [-0.1, -0.05) is 39.0 Å². The number of carboxylic acid groups (broad SMARTS) is 1. The van der Waals surface area contributed by atoms with Crippen molar-refractivity contribution in [2.24, 2.45) is 5.92 Å². The van der Waals surface area contributed by atoms with Gasteiger partial charge in [0.2, 0.25) is 0 Å². The highest BCUT2D eigenvalue weighted by Crippen LogP contribution is 2.21. The molecule has 0 aliphatic rings. The van der Waals surface area contributed by atoms with E-state index in [-0.39, 0.29) is 11.5 Å². The maximum atomic E-state index is 12.3. The summed E-state index contributed by atoms with van der Waals surface area (Å²) in [5, 5.41) is 23.7. The second kappa shape index (κ2) is 8.73. The summed E-state index contributed by atoms with van der Waals surface area (Å²) < 4.78 is 0. The Morgan fingerprint density at radius 1 is 1.38 bits per heavy atom. The number of para-hydroxylation sites is 1. The van der Waals surface area contributed by atoms with Crippen LogP contribution in [0.4, 0.5) is 5.69 Å². The largest absolute Gasteiger partial charge is 0.480 e. The second-order valence-corrected chi connectivity index (χ2v) is 5.81. The lowest BCUT2D eigenvalue weighted by atomic mass is 10.0. The minimum atomic E-state index is -1.04. The van der Waals surface area contributed by atoms with E-state index >= 15 is 0 Å². The third-order valence-electron chi connectivity index (χ3n) is 3.68. The van der Waals surface area contributed by atoms with Crippen LogP contribution in [0, 0.1) is 24.2 Å². The number of rotatable bonds is 7. The predicted molar refractivity (Wildman–Crippen MR) is 92.3 cm³/mol. The molecule has 0 bridgehead atoms. The van der Waals surface area contributed by atoms with Crippen molar-refractivity contribution >= 4 is 17.6 Å². The average molecular weight is 329 g/mol. The number of hydrogen-bond donors (Lipinski definition) is 3. The first-order chi connectivity index (χ1) is 11.3. The van der Waals surface area contributed by atoms with Gasteiger partial charge in [-0.05, 0) is 30.4 Å². The van der Waals surface area contributed by atoms with E-state index in [1.54, 1.807) is 19.9 Å². The fourth-order valence-corrected chi connectivity index (χ4v) is 2.25. The van der Waals surface area contributed by atoms with Gasteiger partial charge in [0.15, 0.2) is 0 Å². The molecule has 6 heteroatoms. The Hall–Kier alpha value is -2.81. The number of aliphatic carboxylic acids is 1. The summed E-state index contributed by atoms with van der Waals surface area (Å²) in [6, 6.07) is 6.64. The van der Waals surface area contributed by atoms with Crippen molar-refractivity contribution in [2.75, 3.05) is 5.32 Å². The number of aryl methyl sites for hydroxylation is 2. The van der Waals surface area contributed by atoms with E-state index in [0.717, 1.165) is 23.7 Å². The zero-order valence-electron chi connectivity index (χ0n) is 14.4. The van der Waals surface area contributed by atoms with E-state index in [1.165, 1.54) is 0 Å². The molecule has 1 rings (SSSR count). The van der Waals surface area contributed by atoms with Gasteiger partial charge in [-0.3, -0.25) is 4.79 Å². The lowest BCUT2D eigenvalue weighted by Gasteiger charge is -2.17. The number of carboxylic acids is 1. The molecule has 0 saturated carbocycles. The topological polar surface area (TPSA) is 102 Å². The fraction of sp³-hybridized carbons (Fsp3) is 0.389. The van der Waals surface area contributed by atoms with Crippen LogP contribution in [0.15, 0.2) is 30.0 Å². The number of nitrogens with zero attached hydrogens (tertiary/aromatic N) is 1. The van der Waals surface area contributed by atoms with E-state index in [4.69, 9.17) is 5.11 Å². The summed E-state index contributed by atoms with van der Waals surface area (Å²) in [7, 11) is 0. The number of nitriles is 1. The van der Waals surface area contributed by atoms with Crippen LogP contribution in [0.1, 0.15) is 31.9 Å². The molecule has 1 unspecified atom stereocenters. The highest BCUT2D eigenvalue weighted by molar-refractivity contribution is 6.07. The highest BCUT2D eigenvalue weighted by Gasteiger charge is 2.21. The summed E-state index contributed by atoms with van der Waals surface area (Å²) >= 11 is 0. The van der Waals surface area contributed by atoms with Gasteiger partial charge in [-0.2, -0.15) is 5.26 Å². The summed E-state index contributed by atoms with van der Waals surface area (Å²) in [6.45, 7) is 7.34. The van der Waals surface area contributed by atoms with Gasteiger partial charge in [0, 0.05) is 11.9 Å². The van der Waals surface area contributed by atoms with E-state index in [1.807, 2.05) is 32.0 Å². The number of benzene rings is 1. The maximum Gasteiger partial charge on any atom is 0.326 e. The summed E-state index contributed by atoms with van der Waals surface area (Å²) in [5.41, 5.74) is 2.38. The van der Waals surface area contributed by atoms with Crippen molar-refractivity contribution in [1.82, 2.24) is 5.32 Å². The summed E-state index contributed by atoms with van der Waals surface area (Å²) in [6.07, 6.45) is 1.91. The van der Waals surface area contributed by atoms with Gasteiger partial charge in [0.25, 0.3) is 5.91 Å². The Morgan fingerprint density at radius 3 is 2.54 bits per heavy atom. The first kappa shape index (κ1) is 19.2. The molecule has 24 heavy (non-hydrogen) atoms. The average Bonchev–Trinajstić information content (AvgIpc) is 2.52. The van der Waals surface area contributed by atoms with Crippen molar-refractivity contribution in [3.05, 3.63) is 41.1 Å². The van der Waals surface area contributed by atoms with Crippen LogP contribution < -0.4 is 10.6 Å². The molecule has 0 aliphatic heterocycles. The molecule has 1 aromatic carbocycles. The molecule has 0 aromatic heterocycles. The molecule has 0 radical (unpaired) electrons. The number of nitrogens with one attached hydrogen (secondary N) is 2. The first-order valence-electron chi connectivity index (χ1n) is 7.80. The Kier molecular flexibility index (Phi) is 6.99.